The first-order chi connectivity index (χ1) is 14.8. The summed E-state index contributed by atoms with van der Waals surface area (Å²) in [6.45, 7) is 7.45. The molecule has 160 valence electrons. The van der Waals surface area contributed by atoms with E-state index in [4.69, 9.17) is 4.42 Å². The van der Waals surface area contributed by atoms with Crippen molar-refractivity contribution in [3.05, 3.63) is 83.9 Å². The lowest BCUT2D eigenvalue weighted by Gasteiger charge is -2.19. The van der Waals surface area contributed by atoms with Crippen molar-refractivity contribution in [3.8, 4) is 11.5 Å². The Labute approximate surface area is 188 Å². The molecule has 0 saturated carbocycles. The van der Waals surface area contributed by atoms with E-state index in [1.54, 1.807) is 12.1 Å². The molecule has 0 bridgehead atoms. The zero-order valence-corrected chi connectivity index (χ0v) is 18.8. The van der Waals surface area contributed by atoms with E-state index in [-0.39, 0.29) is 35.5 Å². The quantitative estimate of drug-likeness (QED) is 0.441. The average molecular weight is 503 g/mol. The number of rotatable bonds is 9. The number of anilines is 1. The molecule has 31 heavy (non-hydrogen) atoms. The highest BCUT2D eigenvalue weighted by atomic mass is 79.9. The summed E-state index contributed by atoms with van der Waals surface area (Å²) in [5.74, 6) is -0.259. The third kappa shape index (κ3) is 5.35. The Balaban J connectivity index is 1.74. The summed E-state index contributed by atoms with van der Waals surface area (Å²) in [7, 11) is -3.74. The van der Waals surface area contributed by atoms with Crippen molar-refractivity contribution in [2.75, 3.05) is 18.4 Å². The highest BCUT2D eigenvalue weighted by molar-refractivity contribution is 9.10. The molecule has 8 nitrogen and oxygen atoms in total. The topological polar surface area (TPSA) is 105 Å². The van der Waals surface area contributed by atoms with Crippen LogP contribution in [0.15, 0.2) is 87.6 Å². The van der Waals surface area contributed by atoms with E-state index in [9.17, 15) is 13.2 Å². The van der Waals surface area contributed by atoms with Crippen LogP contribution >= 0.6 is 15.9 Å². The molecule has 1 N–H and O–H groups in total. The molecule has 2 aromatic carbocycles. The van der Waals surface area contributed by atoms with Gasteiger partial charge in [-0.3, -0.25) is 10.1 Å². The smallest absolute Gasteiger partial charge is 0.322 e. The minimum absolute atomic E-state index is 0.0579. The highest BCUT2D eigenvalue weighted by Gasteiger charge is 2.23. The SMILES string of the molecule is C=CCN(CC=C)S(=O)(=O)c1ccc(C(=O)Nc2nnc(-c3cccc(Br)c3)o2)cc1. The van der Waals surface area contributed by atoms with Crippen molar-refractivity contribution < 1.29 is 17.6 Å². The third-order valence-electron chi connectivity index (χ3n) is 4.14. The van der Waals surface area contributed by atoms with Crippen molar-refractivity contribution in [2.45, 2.75) is 4.90 Å². The molecule has 1 aromatic heterocycles. The highest BCUT2D eigenvalue weighted by Crippen LogP contribution is 2.23. The van der Waals surface area contributed by atoms with Crippen molar-refractivity contribution in [1.29, 1.82) is 0 Å². The number of hydrogen-bond acceptors (Lipinski definition) is 6. The van der Waals surface area contributed by atoms with Crippen LogP contribution in [0, 0.1) is 0 Å². The Morgan fingerprint density at radius 1 is 1.10 bits per heavy atom. The van der Waals surface area contributed by atoms with E-state index in [1.165, 1.54) is 40.7 Å². The largest absolute Gasteiger partial charge is 0.403 e. The zero-order valence-electron chi connectivity index (χ0n) is 16.4. The molecule has 1 heterocycles. The molecular weight excluding hydrogens is 484 g/mol. The van der Waals surface area contributed by atoms with E-state index in [0.29, 0.717) is 5.56 Å². The first kappa shape index (κ1) is 22.6. The van der Waals surface area contributed by atoms with Gasteiger partial charge in [-0.15, -0.1) is 18.3 Å². The lowest BCUT2D eigenvalue weighted by molar-refractivity contribution is 0.102. The summed E-state index contributed by atoms with van der Waals surface area (Å²) in [6.07, 6.45) is 2.99. The van der Waals surface area contributed by atoms with E-state index < -0.39 is 15.9 Å². The van der Waals surface area contributed by atoms with Gasteiger partial charge < -0.3 is 4.42 Å². The van der Waals surface area contributed by atoms with Crippen LogP contribution in [0.2, 0.25) is 0 Å². The Morgan fingerprint density at radius 2 is 1.77 bits per heavy atom. The molecule has 3 aromatic rings. The molecule has 0 unspecified atom stereocenters. The Morgan fingerprint density at radius 3 is 2.39 bits per heavy atom. The minimum atomic E-state index is -3.74. The van der Waals surface area contributed by atoms with E-state index in [0.717, 1.165) is 4.47 Å². The van der Waals surface area contributed by atoms with Crippen LogP contribution in [-0.2, 0) is 10.0 Å². The summed E-state index contributed by atoms with van der Waals surface area (Å²) in [6, 6.07) is 12.8. The standard InChI is InChI=1S/C21H19BrN4O4S/c1-3-12-26(13-4-2)31(28,29)18-10-8-15(9-11-18)19(27)23-21-25-24-20(30-21)16-6-5-7-17(22)14-16/h3-11,14H,1-2,12-13H2,(H,23,25,27). The summed E-state index contributed by atoms with van der Waals surface area (Å²) < 4.78 is 33.0. The van der Waals surface area contributed by atoms with Crippen molar-refractivity contribution in [3.63, 3.8) is 0 Å². The molecule has 0 spiro atoms. The maximum atomic E-state index is 12.7. The van der Waals surface area contributed by atoms with Gasteiger partial charge in [0.15, 0.2) is 0 Å². The van der Waals surface area contributed by atoms with Gasteiger partial charge in [0.05, 0.1) is 4.90 Å². The number of halogens is 1. The molecule has 0 fully saturated rings. The second-order valence-corrected chi connectivity index (χ2v) is 9.15. The predicted molar refractivity (Wildman–Crippen MR) is 121 cm³/mol. The molecule has 0 aliphatic rings. The molecule has 0 atom stereocenters. The lowest BCUT2D eigenvalue weighted by Crippen LogP contribution is -2.31. The fourth-order valence-electron chi connectivity index (χ4n) is 2.67. The summed E-state index contributed by atoms with van der Waals surface area (Å²) in [5.41, 5.74) is 0.931. The number of aromatic nitrogens is 2. The number of carbonyl (C=O) groups excluding carboxylic acids is 1. The maximum Gasteiger partial charge on any atom is 0.322 e. The number of sulfonamides is 1. The second-order valence-electron chi connectivity index (χ2n) is 6.30. The van der Waals surface area contributed by atoms with Gasteiger partial charge in [-0.05, 0) is 42.5 Å². The van der Waals surface area contributed by atoms with E-state index in [2.05, 4.69) is 44.6 Å². The van der Waals surface area contributed by atoms with Crippen molar-refractivity contribution >= 4 is 37.9 Å². The van der Waals surface area contributed by atoms with Crippen LogP contribution in [0.3, 0.4) is 0 Å². The summed E-state index contributed by atoms with van der Waals surface area (Å²) >= 11 is 3.37. The molecule has 0 saturated heterocycles. The number of carbonyl (C=O) groups is 1. The molecular formula is C21H19BrN4O4S. The number of nitrogens with one attached hydrogen (secondary N) is 1. The van der Waals surface area contributed by atoms with Gasteiger partial charge in [-0.25, -0.2) is 8.42 Å². The van der Waals surface area contributed by atoms with Gasteiger partial charge in [-0.2, -0.15) is 4.31 Å². The van der Waals surface area contributed by atoms with Gasteiger partial charge in [0.25, 0.3) is 5.91 Å². The Bertz CT molecular complexity index is 1200. The zero-order chi connectivity index (χ0) is 22.4. The van der Waals surface area contributed by atoms with Crippen molar-refractivity contribution in [2.24, 2.45) is 0 Å². The molecule has 10 heteroatoms. The third-order valence-corrected chi connectivity index (χ3v) is 6.48. The molecule has 0 aliphatic carbocycles. The van der Waals surface area contributed by atoms with Crippen LogP contribution in [0.25, 0.3) is 11.5 Å². The monoisotopic (exact) mass is 502 g/mol. The second kappa shape index (κ2) is 9.82. The number of benzene rings is 2. The fourth-order valence-corrected chi connectivity index (χ4v) is 4.45. The van der Waals surface area contributed by atoms with Gasteiger partial charge in [0, 0.05) is 28.7 Å². The minimum Gasteiger partial charge on any atom is -0.403 e. The first-order valence-corrected chi connectivity index (χ1v) is 11.3. The molecule has 0 aliphatic heterocycles. The van der Waals surface area contributed by atoms with Crippen LogP contribution < -0.4 is 5.32 Å². The van der Waals surface area contributed by atoms with Crippen LogP contribution in [-0.4, -0.2) is 41.9 Å². The number of hydrogen-bond donors (Lipinski definition) is 1. The Kier molecular flexibility index (Phi) is 7.16. The maximum absolute atomic E-state index is 12.7. The van der Waals surface area contributed by atoms with Crippen LogP contribution in [0.1, 0.15) is 10.4 Å². The predicted octanol–water partition coefficient (Wildman–Crippen LogP) is 4.11. The normalized spacial score (nSPS) is 11.3. The molecule has 1 amide bonds. The number of nitrogens with zero attached hydrogens (tertiary/aromatic N) is 3. The van der Waals surface area contributed by atoms with Crippen LogP contribution in [0.5, 0.6) is 0 Å². The fraction of sp³-hybridized carbons (Fsp3) is 0.0952. The first-order valence-electron chi connectivity index (χ1n) is 9.08. The molecule has 0 radical (unpaired) electrons. The van der Waals surface area contributed by atoms with E-state index >= 15 is 0 Å². The van der Waals surface area contributed by atoms with Gasteiger partial charge >= 0.3 is 6.01 Å². The molecule has 3 rings (SSSR count). The Hall–Kier alpha value is -3.08. The van der Waals surface area contributed by atoms with Gasteiger partial charge in [0.2, 0.25) is 15.9 Å². The van der Waals surface area contributed by atoms with E-state index in [1.807, 2.05) is 12.1 Å². The van der Waals surface area contributed by atoms with Gasteiger partial charge in [0.1, 0.15) is 0 Å². The summed E-state index contributed by atoms with van der Waals surface area (Å²) in [5, 5.41) is 10.3. The van der Waals surface area contributed by atoms with Crippen molar-refractivity contribution in [1.82, 2.24) is 14.5 Å². The average Bonchev–Trinajstić information content (AvgIpc) is 3.22. The van der Waals surface area contributed by atoms with Crippen LogP contribution in [0.4, 0.5) is 6.01 Å². The lowest BCUT2D eigenvalue weighted by atomic mass is 10.2. The summed E-state index contributed by atoms with van der Waals surface area (Å²) in [4.78, 5) is 12.5. The number of amides is 1. The van der Waals surface area contributed by atoms with Gasteiger partial charge in [-0.1, -0.05) is 39.2 Å².